The van der Waals surface area contributed by atoms with Gasteiger partial charge in [0.2, 0.25) is 0 Å². The predicted molar refractivity (Wildman–Crippen MR) is 105 cm³/mol. The van der Waals surface area contributed by atoms with E-state index in [1.807, 2.05) is 13.8 Å². The maximum absolute atomic E-state index is 12.0. The van der Waals surface area contributed by atoms with E-state index in [4.69, 9.17) is 0 Å². The van der Waals surface area contributed by atoms with E-state index in [0.29, 0.717) is 11.5 Å². The fourth-order valence-electron chi connectivity index (χ4n) is 2.98. The number of nitrogens with one attached hydrogen (secondary N) is 2. The highest BCUT2D eigenvalue weighted by atomic mass is 16.2. The first-order valence-corrected chi connectivity index (χ1v) is 9.42. The van der Waals surface area contributed by atoms with Gasteiger partial charge in [-0.25, -0.2) is 0 Å². The number of piperidine rings is 1. The van der Waals surface area contributed by atoms with Crippen LogP contribution in [0.5, 0.6) is 0 Å². The molecule has 2 heterocycles. The van der Waals surface area contributed by atoms with Crippen molar-refractivity contribution in [3.8, 4) is 0 Å². The number of anilines is 3. The molecule has 1 fully saturated rings. The van der Waals surface area contributed by atoms with Gasteiger partial charge in [0.1, 0.15) is 0 Å². The molecule has 1 amide bonds. The second-order valence-electron chi connectivity index (χ2n) is 6.81. The molecule has 3 rings (SSSR count). The molecule has 1 aromatic heterocycles. The largest absolute Gasteiger partial charge is 0.372 e. The molecule has 26 heavy (non-hydrogen) atoms. The highest BCUT2D eigenvalue weighted by Gasteiger charge is 2.12. The molecule has 2 N–H and O–H groups in total. The van der Waals surface area contributed by atoms with Crippen LogP contribution in [0.1, 0.15) is 50.0 Å². The summed E-state index contributed by atoms with van der Waals surface area (Å²) in [4.78, 5) is 14.5. The van der Waals surface area contributed by atoms with E-state index < -0.39 is 0 Å². The molecule has 2 aromatic rings. The number of carbonyl (C=O) groups is 1. The van der Waals surface area contributed by atoms with E-state index in [-0.39, 0.29) is 11.9 Å². The maximum Gasteiger partial charge on any atom is 0.272 e. The number of aromatic nitrogens is 2. The zero-order chi connectivity index (χ0) is 18.4. The molecule has 1 atom stereocenters. The quantitative estimate of drug-likeness (QED) is 0.828. The zero-order valence-corrected chi connectivity index (χ0v) is 15.5. The van der Waals surface area contributed by atoms with Gasteiger partial charge in [-0.2, -0.15) is 0 Å². The lowest BCUT2D eigenvalue weighted by Gasteiger charge is -2.28. The van der Waals surface area contributed by atoms with Crippen LogP contribution in [0.3, 0.4) is 0 Å². The van der Waals surface area contributed by atoms with Crippen molar-refractivity contribution in [2.45, 2.75) is 45.6 Å². The highest BCUT2D eigenvalue weighted by molar-refractivity contribution is 5.92. The molecule has 1 saturated heterocycles. The predicted octanol–water partition coefficient (Wildman–Crippen LogP) is 3.74. The number of nitrogens with zero attached hydrogens (tertiary/aromatic N) is 3. The van der Waals surface area contributed by atoms with Crippen molar-refractivity contribution in [3.05, 3.63) is 42.1 Å². The van der Waals surface area contributed by atoms with Gasteiger partial charge in [-0.15, -0.1) is 10.2 Å². The molecular weight excluding hydrogens is 326 g/mol. The summed E-state index contributed by atoms with van der Waals surface area (Å²) in [5.74, 6) is 0.431. The molecule has 1 aliphatic rings. The molecular formula is C20H27N5O. The van der Waals surface area contributed by atoms with Crippen LogP contribution >= 0.6 is 0 Å². The number of hydrogen-bond acceptors (Lipinski definition) is 5. The smallest absolute Gasteiger partial charge is 0.272 e. The van der Waals surface area contributed by atoms with Crippen LogP contribution in [0.25, 0.3) is 0 Å². The summed E-state index contributed by atoms with van der Waals surface area (Å²) in [7, 11) is 0. The van der Waals surface area contributed by atoms with E-state index in [9.17, 15) is 4.79 Å². The molecule has 0 spiro atoms. The Hall–Kier alpha value is -2.63. The van der Waals surface area contributed by atoms with Gasteiger partial charge in [0.05, 0.1) is 0 Å². The molecule has 6 nitrogen and oxygen atoms in total. The first-order chi connectivity index (χ1) is 12.7. The van der Waals surface area contributed by atoms with Crippen LogP contribution in [0, 0.1) is 0 Å². The monoisotopic (exact) mass is 353 g/mol. The topological polar surface area (TPSA) is 70.2 Å². The molecule has 1 unspecified atom stereocenters. The summed E-state index contributed by atoms with van der Waals surface area (Å²) in [5.41, 5.74) is 2.55. The van der Waals surface area contributed by atoms with E-state index in [1.165, 1.54) is 24.9 Å². The third kappa shape index (κ3) is 4.71. The van der Waals surface area contributed by atoms with Gasteiger partial charge in [0.15, 0.2) is 11.5 Å². The molecule has 0 radical (unpaired) electrons. The van der Waals surface area contributed by atoms with Gasteiger partial charge >= 0.3 is 0 Å². The number of rotatable bonds is 6. The van der Waals surface area contributed by atoms with Crippen LogP contribution in [0.15, 0.2) is 36.4 Å². The minimum Gasteiger partial charge on any atom is -0.372 e. The Bertz CT molecular complexity index is 708. The lowest BCUT2D eigenvalue weighted by Crippen LogP contribution is -2.32. The third-order valence-corrected chi connectivity index (χ3v) is 4.75. The Morgan fingerprint density at radius 1 is 1.08 bits per heavy atom. The Morgan fingerprint density at radius 3 is 2.42 bits per heavy atom. The van der Waals surface area contributed by atoms with E-state index >= 15 is 0 Å². The summed E-state index contributed by atoms with van der Waals surface area (Å²) in [6.07, 6.45) is 4.76. The fourth-order valence-corrected chi connectivity index (χ4v) is 2.98. The van der Waals surface area contributed by atoms with Crippen molar-refractivity contribution in [1.29, 1.82) is 0 Å². The van der Waals surface area contributed by atoms with Gasteiger partial charge in [0.25, 0.3) is 5.91 Å². The zero-order valence-electron chi connectivity index (χ0n) is 15.5. The van der Waals surface area contributed by atoms with Gasteiger partial charge in [-0.05, 0) is 69.0 Å². The van der Waals surface area contributed by atoms with Crippen LogP contribution in [0.2, 0.25) is 0 Å². The van der Waals surface area contributed by atoms with Gasteiger partial charge in [0, 0.05) is 30.5 Å². The van der Waals surface area contributed by atoms with Gasteiger partial charge in [-0.1, -0.05) is 6.92 Å². The second kappa shape index (κ2) is 8.65. The van der Waals surface area contributed by atoms with Crippen molar-refractivity contribution in [2.24, 2.45) is 0 Å². The Labute approximate surface area is 155 Å². The number of carbonyl (C=O) groups excluding carboxylic acids is 1. The average molecular weight is 353 g/mol. The standard InChI is InChI=1S/C20H27N5O/c1-3-15(2)21-20(26)18-11-12-19(24-23-18)22-16-7-9-17(10-8-16)25-13-5-4-6-14-25/h7-12,15H,3-6,13-14H2,1-2H3,(H,21,26)(H,22,24). The molecule has 6 heteroatoms. The second-order valence-corrected chi connectivity index (χ2v) is 6.81. The average Bonchev–Trinajstić information content (AvgIpc) is 2.69. The molecule has 1 aliphatic heterocycles. The summed E-state index contributed by atoms with van der Waals surface area (Å²) in [6.45, 7) is 6.27. The summed E-state index contributed by atoms with van der Waals surface area (Å²) in [5, 5.41) is 14.2. The Balaban J connectivity index is 1.59. The van der Waals surface area contributed by atoms with Gasteiger partial charge in [-0.3, -0.25) is 4.79 Å². The molecule has 138 valence electrons. The van der Waals surface area contributed by atoms with Crippen molar-refractivity contribution < 1.29 is 4.79 Å². The van der Waals surface area contributed by atoms with Crippen molar-refractivity contribution in [3.63, 3.8) is 0 Å². The molecule has 0 bridgehead atoms. The minimum atomic E-state index is -0.190. The summed E-state index contributed by atoms with van der Waals surface area (Å²) >= 11 is 0. The Kier molecular flexibility index (Phi) is 6.04. The summed E-state index contributed by atoms with van der Waals surface area (Å²) < 4.78 is 0. The van der Waals surface area contributed by atoms with Crippen LogP contribution < -0.4 is 15.5 Å². The lowest BCUT2D eigenvalue weighted by atomic mass is 10.1. The first kappa shape index (κ1) is 18.2. The highest BCUT2D eigenvalue weighted by Crippen LogP contribution is 2.23. The van der Waals surface area contributed by atoms with Gasteiger partial charge < -0.3 is 15.5 Å². The van der Waals surface area contributed by atoms with Crippen LogP contribution in [-0.2, 0) is 0 Å². The first-order valence-electron chi connectivity index (χ1n) is 9.42. The van der Waals surface area contributed by atoms with Crippen LogP contribution in [0.4, 0.5) is 17.2 Å². The summed E-state index contributed by atoms with van der Waals surface area (Å²) in [6, 6.07) is 12.0. The van der Waals surface area contributed by atoms with Crippen molar-refractivity contribution >= 4 is 23.1 Å². The van der Waals surface area contributed by atoms with E-state index in [1.54, 1.807) is 12.1 Å². The molecule has 0 aliphatic carbocycles. The number of hydrogen-bond donors (Lipinski definition) is 2. The number of amides is 1. The Morgan fingerprint density at radius 2 is 1.81 bits per heavy atom. The fraction of sp³-hybridized carbons (Fsp3) is 0.450. The minimum absolute atomic E-state index is 0.125. The van der Waals surface area contributed by atoms with E-state index in [0.717, 1.165) is 25.2 Å². The van der Waals surface area contributed by atoms with Crippen molar-refractivity contribution in [1.82, 2.24) is 15.5 Å². The molecule has 1 aromatic carbocycles. The van der Waals surface area contributed by atoms with E-state index in [2.05, 4.69) is 50.0 Å². The third-order valence-electron chi connectivity index (χ3n) is 4.75. The van der Waals surface area contributed by atoms with Crippen LogP contribution in [-0.4, -0.2) is 35.2 Å². The van der Waals surface area contributed by atoms with Crippen molar-refractivity contribution in [2.75, 3.05) is 23.3 Å². The maximum atomic E-state index is 12.0. The lowest BCUT2D eigenvalue weighted by molar-refractivity contribution is 0.0933. The number of benzene rings is 1. The molecule has 0 saturated carbocycles. The normalized spacial score (nSPS) is 15.4. The SMILES string of the molecule is CCC(C)NC(=O)c1ccc(Nc2ccc(N3CCCCC3)cc2)nn1.